The molecule has 0 bridgehead atoms. The first-order valence-corrected chi connectivity index (χ1v) is 10.1. The summed E-state index contributed by atoms with van der Waals surface area (Å²) in [5.41, 5.74) is 3.38. The van der Waals surface area contributed by atoms with Gasteiger partial charge in [0.15, 0.2) is 6.29 Å². The van der Waals surface area contributed by atoms with Gasteiger partial charge < -0.3 is 9.88 Å². The molecule has 1 amide bonds. The first-order valence-electron chi connectivity index (χ1n) is 8.22. The molecule has 6 heteroatoms. The predicted octanol–water partition coefficient (Wildman–Crippen LogP) is 5.58. The van der Waals surface area contributed by atoms with Crippen molar-refractivity contribution in [3.05, 3.63) is 61.8 Å². The SMILES string of the molecule is CC(C)c1cc(I)ccc1NC(=O)Cn1cc(C=O)c2cc(Br)ccc21. The molecule has 0 unspecified atom stereocenters. The maximum Gasteiger partial charge on any atom is 0.244 e. The van der Waals surface area contributed by atoms with Gasteiger partial charge in [-0.05, 0) is 70.5 Å². The molecule has 1 heterocycles. The summed E-state index contributed by atoms with van der Waals surface area (Å²) >= 11 is 5.70. The quantitative estimate of drug-likeness (QED) is 0.350. The molecule has 0 radical (unpaired) electrons. The van der Waals surface area contributed by atoms with Crippen molar-refractivity contribution in [3.8, 4) is 0 Å². The van der Waals surface area contributed by atoms with Crippen LogP contribution in [0, 0.1) is 3.57 Å². The maximum absolute atomic E-state index is 12.6. The molecule has 26 heavy (non-hydrogen) atoms. The van der Waals surface area contributed by atoms with Gasteiger partial charge in [0.25, 0.3) is 0 Å². The number of hydrogen-bond acceptors (Lipinski definition) is 2. The molecular weight excluding hydrogens is 507 g/mol. The monoisotopic (exact) mass is 524 g/mol. The van der Waals surface area contributed by atoms with Crippen molar-refractivity contribution in [2.45, 2.75) is 26.3 Å². The first kappa shape index (κ1) is 19.1. The lowest BCUT2D eigenvalue weighted by Crippen LogP contribution is -2.19. The van der Waals surface area contributed by atoms with Gasteiger partial charge >= 0.3 is 0 Å². The second-order valence-electron chi connectivity index (χ2n) is 6.43. The average molecular weight is 525 g/mol. The van der Waals surface area contributed by atoms with Crippen LogP contribution in [0.4, 0.5) is 5.69 Å². The van der Waals surface area contributed by atoms with Crippen molar-refractivity contribution in [3.63, 3.8) is 0 Å². The second-order valence-corrected chi connectivity index (χ2v) is 8.59. The van der Waals surface area contributed by atoms with E-state index in [1.807, 2.05) is 34.9 Å². The van der Waals surface area contributed by atoms with E-state index in [0.717, 1.165) is 36.5 Å². The van der Waals surface area contributed by atoms with Crippen molar-refractivity contribution in [2.24, 2.45) is 0 Å². The lowest BCUT2D eigenvalue weighted by molar-refractivity contribution is -0.116. The Morgan fingerprint density at radius 1 is 1.27 bits per heavy atom. The van der Waals surface area contributed by atoms with Crippen LogP contribution in [-0.2, 0) is 11.3 Å². The number of halogens is 2. The van der Waals surface area contributed by atoms with Crippen LogP contribution in [0.1, 0.15) is 35.7 Å². The molecule has 0 fully saturated rings. The lowest BCUT2D eigenvalue weighted by atomic mass is 10.0. The molecule has 3 rings (SSSR count). The smallest absolute Gasteiger partial charge is 0.244 e. The number of aromatic nitrogens is 1. The summed E-state index contributed by atoms with van der Waals surface area (Å²) < 4.78 is 3.85. The van der Waals surface area contributed by atoms with Crippen molar-refractivity contribution in [1.82, 2.24) is 4.57 Å². The van der Waals surface area contributed by atoms with E-state index >= 15 is 0 Å². The molecule has 1 N–H and O–H groups in total. The highest BCUT2D eigenvalue weighted by molar-refractivity contribution is 14.1. The Hall–Kier alpha value is -1.67. The van der Waals surface area contributed by atoms with E-state index in [1.165, 1.54) is 0 Å². The molecule has 4 nitrogen and oxygen atoms in total. The van der Waals surface area contributed by atoms with E-state index in [9.17, 15) is 9.59 Å². The molecule has 0 atom stereocenters. The van der Waals surface area contributed by atoms with Gasteiger partial charge in [0.2, 0.25) is 5.91 Å². The van der Waals surface area contributed by atoms with Crippen LogP contribution in [0.15, 0.2) is 47.1 Å². The Morgan fingerprint density at radius 3 is 2.73 bits per heavy atom. The molecule has 2 aromatic carbocycles. The summed E-state index contributed by atoms with van der Waals surface area (Å²) in [5, 5.41) is 3.84. The third kappa shape index (κ3) is 4.01. The maximum atomic E-state index is 12.6. The van der Waals surface area contributed by atoms with Crippen LogP contribution in [0.25, 0.3) is 10.9 Å². The number of carbonyl (C=O) groups is 2. The summed E-state index contributed by atoms with van der Waals surface area (Å²) in [6.45, 7) is 4.36. The standard InChI is InChI=1S/C20H18BrIN2O2/c1-12(2)16-8-15(22)4-5-18(16)23-20(26)10-24-9-13(11-25)17-7-14(21)3-6-19(17)24/h3-9,11-12H,10H2,1-2H3,(H,23,26). The zero-order valence-corrected chi connectivity index (χ0v) is 18.2. The highest BCUT2D eigenvalue weighted by Gasteiger charge is 2.14. The van der Waals surface area contributed by atoms with Crippen LogP contribution in [0.5, 0.6) is 0 Å². The number of nitrogens with zero attached hydrogens (tertiary/aromatic N) is 1. The topological polar surface area (TPSA) is 51.1 Å². The van der Waals surface area contributed by atoms with Gasteiger partial charge in [-0.2, -0.15) is 0 Å². The molecule has 0 spiro atoms. The minimum atomic E-state index is -0.120. The van der Waals surface area contributed by atoms with Crippen LogP contribution >= 0.6 is 38.5 Å². The number of fused-ring (bicyclic) bond motifs is 1. The van der Waals surface area contributed by atoms with Crippen molar-refractivity contribution in [1.29, 1.82) is 0 Å². The Balaban J connectivity index is 1.88. The summed E-state index contributed by atoms with van der Waals surface area (Å²) in [5.74, 6) is 0.191. The summed E-state index contributed by atoms with van der Waals surface area (Å²) in [4.78, 5) is 24.0. The number of carbonyl (C=O) groups excluding carboxylic acids is 2. The number of benzene rings is 2. The minimum Gasteiger partial charge on any atom is -0.337 e. The van der Waals surface area contributed by atoms with Gasteiger partial charge in [-0.15, -0.1) is 0 Å². The fourth-order valence-electron chi connectivity index (χ4n) is 2.99. The van der Waals surface area contributed by atoms with Crippen molar-refractivity contribution >= 4 is 67.3 Å². The van der Waals surface area contributed by atoms with Crippen molar-refractivity contribution in [2.75, 3.05) is 5.32 Å². The van der Waals surface area contributed by atoms with E-state index in [0.29, 0.717) is 11.5 Å². The van der Waals surface area contributed by atoms with E-state index < -0.39 is 0 Å². The van der Waals surface area contributed by atoms with Crippen LogP contribution < -0.4 is 5.32 Å². The molecule has 1 aromatic heterocycles. The molecular formula is C20H18BrIN2O2. The summed E-state index contributed by atoms with van der Waals surface area (Å²) in [6, 6.07) is 11.7. The highest BCUT2D eigenvalue weighted by atomic mass is 127. The number of anilines is 1. The summed E-state index contributed by atoms with van der Waals surface area (Å²) in [6.07, 6.45) is 2.54. The number of hydrogen-bond donors (Lipinski definition) is 1. The number of rotatable bonds is 5. The van der Waals surface area contributed by atoms with Gasteiger partial charge in [0.1, 0.15) is 6.54 Å². The van der Waals surface area contributed by atoms with Gasteiger partial charge in [0.05, 0.1) is 0 Å². The number of nitrogens with one attached hydrogen (secondary N) is 1. The predicted molar refractivity (Wildman–Crippen MR) is 117 cm³/mol. The van der Waals surface area contributed by atoms with Crippen molar-refractivity contribution < 1.29 is 9.59 Å². The van der Waals surface area contributed by atoms with E-state index in [2.05, 4.69) is 63.8 Å². The second kappa shape index (κ2) is 7.92. The molecule has 3 aromatic rings. The van der Waals surface area contributed by atoms with Crippen LogP contribution in [-0.4, -0.2) is 16.8 Å². The molecule has 134 valence electrons. The zero-order chi connectivity index (χ0) is 18.8. The molecule has 0 saturated carbocycles. The molecule has 0 aliphatic heterocycles. The molecule has 0 aliphatic carbocycles. The fraction of sp³-hybridized carbons (Fsp3) is 0.200. The normalized spacial score (nSPS) is 11.1. The Bertz CT molecular complexity index is 995. The third-order valence-corrected chi connectivity index (χ3v) is 5.39. The van der Waals surface area contributed by atoms with E-state index in [-0.39, 0.29) is 12.5 Å². The van der Waals surface area contributed by atoms with E-state index in [1.54, 1.807) is 6.20 Å². The van der Waals surface area contributed by atoms with E-state index in [4.69, 9.17) is 0 Å². The third-order valence-electron chi connectivity index (χ3n) is 4.22. The Morgan fingerprint density at radius 2 is 2.04 bits per heavy atom. The summed E-state index contributed by atoms with van der Waals surface area (Å²) in [7, 11) is 0. The molecule has 0 aliphatic rings. The average Bonchev–Trinajstić information content (AvgIpc) is 2.93. The van der Waals surface area contributed by atoms with Gasteiger partial charge in [-0.25, -0.2) is 0 Å². The van der Waals surface area contributed by atoms with Gasteiger partial charge in [0, 0.05) is 36.4 Å². The number of amides is 1. The van der Waals surface area contributed by atoms with Crippen LogP contribution in [0.3, 0.4) is 0 Å². The lowest BCUT2D eigenvalue weighted by Gasteiger charge is -2.15. The largest absolute Gasteiger partial charge is 0.337 e. The molecule has 0 saturated heterocycles. The Labute approximate surface area is 174 Å². The fourth-order valence-corrected chi connectivity index (χ4v) is 3.87. The first-order chi connectivity index (χ1) is 12.4. The van der Waals surface area contributed by atoms with Crippen LogP contribution in [0.2, 0.25) is 0 Å². The van der Waals surface area contributed by atoms with Gasteiger partial charge in [-0.1, -0.05) is 29.8 Å². The minimum absolute atomic E-state index is 0.120. The zero-order valence-electron chi connectivity index (χ0n) is 14.4. The Kier molecular flexibility index (Phi) is 5.82. The highest BCUT2D eigenvalue weighted by Crippen LogP contribution is 2.27. The van der Waals surface area contributed by atoms with Gasteiger partial charge in [-0.3, -0.25) is 9.59 Å². The number of aldehydes is 1.